The Bertz CT molecular complexity index is 819. The molecule has 2 aromatic rings. The van der Waals surface area contributed by atoms with E-state index in [1.807, 2.05) is 31.2 Å². The SMILES string of the molecule is CCOc1ccccc1CNS(=O)(=O)c1ccc2c(c1)OCCO2. The Balaban J connectivity index is 1.77. The predicted molar refractivity (Wildman–Crippen MR) is 89.1 cm³/mol. The zero-order chi connectivity index (χ0) is 17.0. The number of sulfonamides is 1. The molecule has 1 aliphatic heterocycles. The topological polar surface area (TPSA) is 73.9 Å². The van der Waals surface area contributed by atoms with Gasteiger partial charge in [0.15, 0.2) is 11.5 Å². The van der Waals surface area contributed by atoms with Crippen molar-refractivity contribution < 1.29 is 22.6 Å². The Hall–Kier alpha value is -2.25. The van der Waals surface area contributed by atoms with Gasteiger partial charge in [0.25, 0.3) is 0 Å². The molecule has 24 heavy (non-hydrogen) atoms. The molecule has 0 saturated heterocycles. The van der Waals surface area contributed by atoms with Gasteiger partial charge in [-0.1, -0.05) is 18.2 Å². The summed E-state index contributed by atoms with van der Waals surface area (Å²) in [5.74, 6) is 1.67. The minimum Gasteiger partial charge on any atom is -0.494 e. The lowest BCUT2D eigenvalue weighted by Gasteiger charge is -2.19. The van der Waals surface area contributed by atoms with Crippen molar-refractivity contribution >= 4 is 10.0 Å². The highest BCUT2D eigenvalue weighted by molar-refractivity contribution is 7.89. The predicted octanol–water partition coefficient (Wildman–Crippen LogP) is 2.33. The Morgan fingerprint density at radius 2 is 1.83 bits per heavy atom. The van der Waals surface area contributed by atoms with Crippen LogP contribution in [0.15, 0.2) is 47.4 Å². The van der Waals surface area contributed by atoms with Crippen molar-refractivity contribution in [2.45, 2.75) is 18.4 Å². The van der Waals surface area contributed by atoms with Crippen molar-refractivity contribution in [2.75, 3.05) is 19.8 Å². The lowest BCUT2D eigenvalue weighted by atomic mass is 10.2. The first-order chi connectivity index (χ1) is 11.6. The van der Waals surface area contributed by atoms with Gasteiger partial charge in [0.1, 0.15) is 19.0 Å². The summed E-state index contributed by atoms with van der Waals surface area (Å²) in [4.78, 5) is 0.139. The van der Waals surface area contributed by atoms with Crippen LogP contribution >= 0.6 is 0 Å². The summed E-state index contributed by atoms with van der Waals surface area (Å²) in [5.41, 5.74) is 0.778. The normalized spacial score (nSPS) is 13.5. The van der Waals surface area contributed by atoms with Gasteiger partial charge >= 0.3 is 0 Å². The highest BCUT2D eigenvalue weighted by Crippen LogP contribution is 2.32. The molecule has 0 atom stereocenters. The highest BCUT2D eigenvalue weighted by Gasteiger charge is 2.19. The summed E-state index contributed by atoms with van der Waals surface area (Å²) in [6.45, 7) is 3.42. The lowest BCUT2D eigenvalue weighted by Crippen LogP contribution is -2.24. The van der Waals surface area contributed by atoms with Crippen LogP contribution in [-0.4, -0.2) is 28.2 Å². The number of ether oxygens (including phenoxy) is 3. The molecule has 7 heteroatoms. The van der Waals surface area contributed by atoms with Crippen molar-refractivity contribution in [3.63, 3.8) is 0 Å². The second-order valence-corrected chi connectivity index (χ2v) is 6.94. The van der Waals surface area contributed by atoms with Gasteiger partial charge in [-0.25, -0.2) is 13.1 Å². The number of hydrogen-bond donors (Lipinski definition) is 1. The summed E-state index contributed by atoms with van der Waals surface area (Å²) >= 11 is 0. The largest absolute Gasteiger partial charge is 0.494 e. The second kappa shape index (κ2) is 7.11. The van der Waals surface area contributed by atoms with E-state index in [1.54, 1.807) is 6.07 Å². The van der Waals surface area contributed by atoms with E-state index in [9.17, 15) is 8.42 Å². The van der Waals surface area contributed by atoms with Gasteiger partial charge in [0.2, 0.25) is 10.0 Å². The van der Waals surface area contributed by atoms with Crippen molar-refractivity contribution in [3.8, 4) is 17.2 Å². The van der Waals surface area contributed by atoms with Gasteiger partial charge in [-0.2, -0.15) is 0 Å². The van der Waals surface area contributed by atoms with Crippen molar-refractivity contribution in [3.05, 3.63) is 48.0 Å². The summed E-state index contributed by atoms with van der Waals surface area (Å²) in [7, 11) is -3.66. The Morgan fingerprint density at radius 3 is 2.62 bits per heavy atom. The number of para-hydroxylation sites is 1. The molecule has 0 radical (unpaired) electrons. The number of nitrogens with one attached hydrogen (secondary N) is 1. The average Bonchev–Trinajstić information content (AvgIpc) is 2.61. The Kier molecular flexibility index (Phi) is 4.92. The van der Waals surface area contributed by atoms with E-state index in [1.165, 1.54) is 12.1 Å². The molecule has 128 valence electrons. The average molecular weight is 349 g/mol. The van der Waals surface area contributed by atoms with Crippen LogP contribution in [0.25, 0.3) is 0 Å². The quantitative estimate of drug-likeness (QED) is 0.866. The minimum atomic E-state index is -3.66. The van der Waals surface area contributed by atoms with E-state index in [-0.39, 0.29) is 11.4 Å². The second-order valence-electron chi connectivity index (χ2n) is 5.17. The maximum absolute atomic E-state index is 12.5. The molecular formula is C17H19NO5S. The molecule has 0 spiro atoms. The van der Waals surface area contributed by atoms with Crippen molar-refractivity contribution in [1.29, 1.82) is 0 Å². The molecule has 0 unspecified atom stereocenters. The van der Waals surface area contributed by atoms with Crippen LogP contribution in [-0.2, 0) is 16.6 Å². The Labute approximate surface area is 141 Å². The molecular weight excluding hydrogens is 330 g/mol. The first kappa shape index (κ1) is 16.6. The maximum Gasteiger partial charge on any atom is 0.241 e. The van der Waals surface area contributed by atoms with Crippen LogP contribution in [0.1, 0.15) is 12.5 Å². The molecule has 2 aromatic carbocycles. The van der Waals surface area contributed by atoms with E-state index < -0.39 is 10.0 Å². The van der Waals surface area contributed by atoms with E-state index in [4.69, 9.17) is 14.2 Å². The van der Waals surface area contributed by atoms with Crippen LogP contribution in [0, 0.1) is 0 Å². The molecule has 3 rings (SSSR count). The van der Waals surface area contributed by atoms with Gasteiger partial charge in [0.05, 0.1) is 11.5 Å². The van der Waals surface area contributed by atoms with Gasteiger partial charge in [-0.05, 0) is 25.1 Å². The lowest BCUT2D eigenvalue weighted by molar-refractivity contribution is 0.171. The molecule has 0 aliphatic carbocycles. The van der Waals surface area contributed by atoms with Gasteiger partial charge in [-0.3, -0.25) is 0 Å². The number of fused-ring (bicyclic) bond motifs is 1. The molecule has 0 bridgehead atoms. The minimum absolute atomic E-state index is 0.139. The van der Waals surface area contributed by atoms with Crippen LogP contribution in [0.3, 0.4) is 0 Å². The summed E-state index contributed by atoms with van der Waals surface area (Å²) in [5, 5.41) is 0. The molecule has 0 saturated carbocycles. The number of benzene rings is 2. The third kappa shape index (κ3) is 3.63. The first-order valence-electron chi connectivity index (χ1n) is 7.70. The van der Waals surface area contributed by atoms with Crippen LogP contribution in [0.4, 0.5) is 0 Å². The van der Waals surface area contributed by atoms with Gasteiger partial charge < -0.3 is 14.2 Å². The Morgan fingerprint density at radius 1 is 1.08 bits per heavy atom. The highest BCUT2D eigenvalue weighted by atomic mass is 32.2. The van der Waals surface area contributed by atoms with Crippen LogP contribution in [0.2, 0.25) is 0 Å². The summed E-state index contributed by atoms with van der Waals surface area (Å²) in [6, 6.07) is 11.9. The van der Waals surface area contributed by atoms with Crippen LogP contribution < -0.4 is 18.9 Å². The first-order valence-corrected chi connectivity index (χ1v) is 9.18. The van der Waals surface area contributed by atoms with E-state index in [0.29, 0.717) is 37.1 Å². The molecule has 1 N–H and O–H groups in total. The van der Waals surface area contributed by atoms with E-state index >= 15 is 0 Å². The smallest absolute Gasteiger partial charge is 0.241 e. The summed E-state index contributed by atoms with van der Waals surface area (Å²) < 4.78 is 44.0. The number of rotatable bonds is 6. The molecule has 1 aliphatic rings. The standard InChI is InChI=1S/C17H19NO5S/c1-2-21-15-6-4-3-5-13(15)12-18-24(19,20)14-7-8-16-17(11-14)23-10-9-22-16/h3-8,11,18H,2,9-10,12H2,1H3. The molecule has 1 heterocycles. The molecule has 6 nitrogen and oxygen atoms in total. The van der Waals surface area contributed by atoms with Gasteiger partial charge in [0, 0.05) is 18.2 Å². The van der Waals surface area contributed by atoms with E-state index in [0.717, 1.165) is 5.56 Å². The van der Waals surface area contributed by atoms with Crippen molar-refractivity contribution in [2.24, 2.45) is 0 Å². The fourth-order valence-electron chi connectivity index (χ4n) is 2.39. The molecule has 0 amide bonds. The zero-order valence-corrected chi connectivity index (χ0v) is 14.1. The summed E-state index contributed by atoms with van der Waals surface area (Å²) in [6.07, 6.45) is 0. The third-order valence-corrected chi connectivity index (χ3v) is 4.95. The molecule has 0 fully saturated rings. The van der Waals surface area contributed by atoms with E-state index in [2.05, 4.69) is 4.72 Å². The fraction of sp³-hybridized carbons (Fsp3) is 0.294. The van der Waals surface area contributed by atoms with Gasteiger partial charge in [-0.15, -0.1) is 0 Å². The third-order valence-electron chi connectivity index (χ3n) is 3.55. The van der Waals surface area contributed by atoms with Crippen LogP contribution in [0.5, 0.6) is 17.2 Å². The van der Waals surface area contributed by atoms with Crippen molar-refractivity contribution in [1.82, 2.24) is 4.72 Å². The fourth-order valence-corrected chi connectivity index (χ4v) is 3.41. The maximum atomic E-state index is 12.5. The number of hydrogen-bond acceptors (Lipinski definition) is 5. The monoisotopic (exact) mass is 349 g/mol. The zero-order valence-electron chi connectivity index (χ0n) is 13.3. The molecule has 0 aromatic heterocycles.